The van der Waals surface area contributed by atoms with E-state index in [-0.39, 0.29) is 11.8 Å². The molecule has 23 heavy (non-hydrogen) atoms. The Bertz CT molecular complexity index is 763. The van der Waals surface area contributed by atoms with E-state index in [0.717, 1.165) is 6.42 Å². The van der Waals surface area contributed by atoms with Gasteiger partial charge >= 0.3 is 0 Å². The minimum absolute atomic E-state index is 0.209. The molecule has 116 valence electrons. The van der Waals surface area contributed by atoms with Crippen molar-refractivity contribution in [2.45, 2.75) is 13.3 Å². The second-order valence-electron chi connectivity index (χ2n) is 4.95. The Balaban J connectivity index is 2.17. The summed E-state index contributed by atoms with van der Waals surface area (Å²) in [5.41, 5.74) is 1.63. The van der Waals surface area contributed by atoms with Gasteiger partial charge in [-0.15, -0.1) is 0 Å². The largest absolute Gasteiger partial charge is 0.352 e. The Morgan fingerprint density at radius 3 is 2.43 bits per heavy atom. The maximum atomic E-state index is 12.3. The molecule has 0 fully saturated rings. The number of benzene rings is 2. The van der Waals surface area contributed by atoms with Gasteiger partial charge in [-0.3, -0.25) is 9.59 Å². The second-order valence-corrected chi connectivity index (χ2v) is 4.95. The van der Waals surface area contributed by atoms with Crippen LogP contribution >= 0.6 is 0 Å². The fourth-order valence-electron chi connectivity index (χ4n) is 2.03. The number of hydrogen-bond acceptors (Lipinski definition) is 3. The molecule has 0 aliphatic heterocycles. The summed E-state index contributed by atoms with van der Waals surface area (Å²) in [5.74, 6) is -0.572. The van der Waals surface area contributed by atoms with Crippen LogP contribution in [0.3, 0.4) is 0 Å². The lowest BCUT2D eigenvalue weighted by molar-refractivity contribution is 0.0953. The monoisotopic (exact) mass is 307 g/mol. The van der Waals surface area contributed by atoms with Gasteiger partial charge in [0.25, 0.3) is 11.8 Å². The molecule has 0 radical (unpaired) electrons. The van der Waals surface area contributed by atoms with Gasteiger partial charge in [0, 0.05) is 17.7 Å². The van der Waals surface area contributed by atoms with Crippen LogP contribution in [0, 0.1) is 11.3 Å². The van der Waals surface area contributed by atoms with E-state index < -0.39 is 0 Å². The summed E-state index contributed by atoms with van der Waals surface area (Å²) in [6, 6.07) is 15.3. The number of carbonyl (C=O) groups is 2. The lowest BCUT2D eigenvalue weighted by Gasteiger charge is -2.08. The number of nitriles is 1. The van der Waals surface area contributed by atoms with Gasteiger partial charge in [-0.1, -0.05) is 25.1 Å². The summed E-state index contributed by atoms with van der Waals surface area (Å²) < 4.78 is 0. The Kier molecular flexibility index (Phi) is 5.48. The third-order valence-electron chi connectivity index (χ3n) is 3.22. The first kappa shape index (κ1) is 16.2. The van der Waals surface area contributed by atoms with Crippen LogP contribution in [0.15, 0.2) is 48.5 Å². The van der Waals surface area contributed by atoms with E-state index in [0.29, 0.717) is 28.9 Å². The first-order chi connectivity index (χ1) is 11.2. The van der Waals surface area contributed by atoms with E-state index in [1.54, 1.807) is 42.5 Å². The molecule has 2 aromatic carbocycles. The topological polar surface area (TPSA) is 82.0 Å². The van der Waals surface area contributed by atoms with E-state index >= 15 is 0 Å². The van der Waals surface area contributed by atoms with Crippen molar-refractivity contribution in [1.82, 2.24) is 5.32 Å². The zero-order valence-electron chi connectivity index (χ0n) is 12.8. The lowest BCUT2D eigenvalue weighted by atomic mass is 10.1. The fourth-order valence-corrected chi connectivity index (χ4v) is 2.03. The zero-order chi connectivity index (χ0) is 16.7. The number of carbonyl (C=O) groups excluding carboxylic acids is 2. The molecule has 2 N–H and O–H groups in total. The Hall–Kier alpha value is -3.13. The van der Waals surface area contributed by atoms with Gasteiger partial charge in [0.1, 0.15) is 6.07 Å². The van der Waals surface area contributed by atoms with Crippen LogP contribution in [0.5, 0.6) is 0 Å². The average Bonchev–Trinajstić information content (AvgIpc) is 2.60. The highest BCUT2D eigenvalue weighted by Gasteiger charge is 2.11. The first-order valence-corrected chi connectivity index (χ1v) is 7.34. The smallest absolute Gasteiger partial charge is 0.255 e. The predicted molar refractivity (Wildman–Crippen MR) is 88.2 cm³/mol. The number of anilines is 1. The molecule has 0 aromatic heterocycles. The van der Waals surface area contributed by atoms with Gasteiger partial charge in [0.2, 0.25) is 0 Å². The molecule has 0 atom stereocenters. The van der Waals surface area contributed by atoms with Crippen molar-refractivity contribution in [2.24, 2.45) is 0 Å². The summed E-state index contributed by atoms with van der Waals surface area (Å²) in [7, 11) is 0. The molecule has 5 heteroatoms. The maximum absolute atomic E-state index is 12.3. The second kappa shape index (κ2) is 7.76. The van der Waals surface area contributed by atoms with E-state index in [1.807, 2.05) is 13.0 Å². The van der Waals surface area contributed by atoms with Crippen LogP contribution in [0.2, 0.25) is 0 Å². The van der Waals surface area contributed by atoms with Crippen molar-refractivity contribution in [3.05, 3.63) is 65.2 Å². The standard InChI is InChI=1S/C18H17N3O2/c1-2-10-20-17(22)13-7-5-8-14(11-13)18(23)21-16-9-4-3-6-15(16)12-19/h3-9,11H,2,10H2,1H3,(H,20,22)(H,21,23). The minimum Gasteiger partial charge on any atom is -0.352 e. The Labute approximate surface area is 134 Å². The quantitative estimate of drug-likeness (QED) is 0.891. The molecule has 0 aliphatic carbocycles. The third kappa shape index (κ3) is 4.17. The highest BCUT2D eigenvalue weighted by atomic mass is 16.2. The molecule has 2 aromatic rings. The zero-order valence-corrected chi connectivity index (χ0v) is 12.8. The summed E-state index contributed by atoms with van der Waals surface area (Å²) in [6.07, 6.45) is 0.844. The molecule has 2 rings (SSSR count). The van der Waals surface area contributed by atoms with Crippen LogP contribution in [-0.2, 0) is 0 Å². The highest BCUT2D eigenvalue weighted by molar-refractivity contribution is 6.06. The van der Waals surface area contributed by atoms with Gasteiger partial charge in [-0.05, 0) is 36.8 Å². The molecule has 0 spiro atoms. The molecular formula is C18H17N3O2. The molecule has 0 heterocycles. The number of para-hydroxylation sites is 1. The number of nitrogens with zero attached hydrogens (tertiary/aromatic N) is 1. The van der Waals surface area contributed by atoms with E-state index in [2.05, 4.69) is 10.6 Å². The number of rotatable bonds is 5. The summed E-state index contributed by atoms with van der Waals surface area (Å²) in [5, 5.41) is 14.5. The van der Waals surface area contributed by atoms with Crippen LogP contribution in [0.25, 0.3) is 0 Å². The van der Waals surface area contributed by atoms with Crippen molar-refractivity contribution in [1.29, 1.82) is 5.26 Å². The predicted octanol–water partition coefficient (Wildman–Crippen LogP) is 2.95. The molecule has 2 amide bonds. The lowest BCUT2D eigenvalue weighted by Crippen LogP contribution is -2.24. The maximum Gasteiger partial charge on any atom is 0.255 e. The van der Waals surface area contributed by atoms with E-state index in [1.165, 1.54) is 6.07 Å². The van der Waals surface area contributed by atoms with Crippen LogP contribution in [0.4, 0.5) is 5.69 Å². The Morgan fingerprint density at radius 2 is 1.74 bits per heavy atom. The van der Waals surface area contributed by atoms with Crippen LogP contribution in [0.1, 0.15) is 39.6 Å². The number of nitrogens with one attached hydrogen (secondary N) is 2. The number of hydrogen-bond donors (Lipinski definition) is 2. The molecule has 5 nitrogen and oxygen atoms in total. The van der Waals surface area contributed by atoms with Crippen LogP contribution in [-0.4, -0.2) is 18.4 Å². The normalized spacial score (nSPS) is 9.74. The Morgan fingerprint density at radius 1 is 1.04 bits per heavy atom. The van der Waals surface area contributed by atoms with Gasteiger partial charge in [-0.2, -0.15) is 5.26 Å². The third-order valence-corrected chi connectivity index (χ3v) is 3.22. The summed E-state index contributed by atoms with van der Waals surface area (Å²) in [4.78, 5) is 24.3. The van der Waals surface area contributed by atoms with Crippen molar-refractivity contribution in [2.75, 3.05) is 11.9 Å². The van der Waals surface area contributed by atoms with Crippen molar-refractivity contribution in [3.63, 3.8) is 0 Å². The molecule has 0 saturated carbocycles. The van der Waals surface area contributed by atoms with Crippen molar-refractivity contribution in [3.8, 4) is 6.07 Å². The van der Waals surface area contributed by atoms with E-state index in [4.69, 9.17) is 5.26 Å². The molecule has 0 aliphatic rings. The van der Waals surface area contributed by atoms with Gasteiger partial charge < -0.3 is 10.6 Å². The van der Waals surface area contributed by atoms with Gasteiger partial charge in [0.15, 0.2) is 0 Å². The molecule has 0 unspecified atom stereocenters. The average molecular weight is 307 g/mol. The van der Waals surface area contributed by atoms with Crippen molar-refractivity contribution >= 4 is 17.5 Å². The number of amides is 2. The summed E-state index contributed by atoms with van der Waals surface area (Å²) in [6.45, 7) is 2.56. The summed E-state index contributed by atoms with van der Waals surface area (Å²) >= 11 is 0. The minimum atomic E-state index is -0.363. The molecular weight excluding hydrogens is 290 g/mol. The van der Waals surface area contributed by atoms with Crippen molar-refractivity contribution < 1.29 is 9.59 Å². The molecule has 0 bridgehead atoms. The SMILES string of the molecule is CCCNC(=O)c1cccc(C(=O)Nc2ccccc2C#N)c1. The first-order valence-electron chi connectivity index (χ1n) is 7.34. The van der Waals surface area contributed by atoms with Crippen LogP contribution < -0.4 is 10.6 Å². The van der Waals surface area contributed by atoms with Gasteiger partial charge in [0.05, 0.1) is 11.3 Å². The van der Waals surface area contributed by atoms with E-state index in [9.17, 15) is 9.59 Å². The highest BCUT2D eigenvalue weighted by Crippen LogP contribution is 2.15. The van der Waals surface area contributed by atoms with Gasteiger partial charge in [-0.25, -0.2) is 0 Å². The fraction of sp³-hybridized carbons (Fsp3) is 0.167. The molecule has 0 saturated heterocycles.